The van der Waals surface area contributed by atoms with E-state index in [1.54, 1.807) is 0 Å². The normalized spacial score (nSPS) is 10.1. The second-order valence-corrected chi connectivity index (χ2v) is 5.58. The van der Waals surface area contributed by atoms with Crippen LogP contribution in [0.2, 0.25) is 0 Å². The monoisotopic (exact) mass is 381 g/mol. The summed E-state index contributed by atoms with van der Waals surface area (Å²) in [5, 5.41) is 32.9. The van der Waals surface area contributed by atoms with Gasteiger partial charge in [-0.05, 0) is 18.9 Å². The van der Waals surface area contributed by atoms with E-state index in [-0.39, 0.29) is 55.6 Å². The van der Waals surface area contributed by atoms with Crippen LogP contribution in [0.25, 0.3) is 0 Å². The average molecular weight is 381 g/mol. The summed E-state index contributed by atoms with van der Waals surface area (Å²) in [7, 11) is 0. The van der Waals surface area contributed by atoms with E-state index in [0.29, 0.717) is 0 Å². The molecule has 4 N–H and O–H groups in total. The Labute approximate surface area is 153 Å². The molecule has 1 aromatic rings. The summed E-state index contributed by atoms with van der Waals surface area (Å²) < 4.78 is 0. The first-order valence-electron chi connectivity index (χ1n) is 8.00. The van der Waals surface area contributed by atoms with Crippen molar-refractivity contribution in [3.63, 3.8) is 0 Å². The van der Waals surface area contributed by atoms with Crippen molar-refractivity contribution in [1.82, 2.24) is 0 Å². The van der Waals surface area contributed by atoms with Gasteiger partial charge in [0, 0.05) is 37.8 Å². The lowest BCUT2D eigenvalue weighted by Crippen LogP contribution is -2.17. The SMILES string of the molecule is O=C(O)CCCC(=O)Nc1ccc([N+](=O)[O-])cc1NC(=O)CCCC(=O)O. The Morgan fingerprint density at radius 2 is 1.33 bits per heavy atom. The van der Waals surface area contributed by atoms with Gasteiger partial charge in [0.25, 0.3) is 5.69 Å². The molecule has 0 heterocycles. The van der Waals surface area contributed by atoms with Crippen molar-refractivity contribution in [3.05, 3.63) is 28.3 Å². The van der Waals surface area contributed by atoms with Gasteiger partial charge >= 0.3 is 11.9 Å². The number of carboxylic acids is 2. The zero-order chi connectivity index (χ0) is 20.4. The van der Waals surface area contributed by atoms with Gasteiger partial charge in [-0.1, -0.05) is 0 Å². The summed E-state index contributed by atoms with van der Waals surface area (Å²) in [5.41, 5.74) is -0.191. The van der Waals surface area contributed by atoms with Crippen molar-refractivity contribution in [2.24, 2.45) is 0 Å². The van der Waals surface area contributed by atoms with Gasteiger partial charge in [0.15, 0.2) is 0 Å². The summed E-state index contributed by atoms with van der Waals surface area (Å²) in [4.78, 5) is 55.0. The molecule has 0 aliphatic heterocycles. The molecule has 1 aromatic carbocycles. The highest BCUT2D eigenvalue weighted by atomic mass is 16.6. The maximum atomic E-state index is 11.9. The molecule has 0 radical (unpaired) electrons. The molecule has 2 amide bonds. The minimum Gasteiger partial charge on any atom is -0.481 e. The van der Waals surface area contributed by atoms with Gasteiger partial charge in [-0.15, -0.1) is 0 Å². The van der Waals surface area contributed by atoms with Gasteiger partial charge in [-0.2, -0.15) is 0 Å². The number of carboxylic acid groups (broad SMARTS) is 2. The number of anilines is 2. The molecule has 0 saturated heterocycles. The van der Waals surface area contributed by atoms with Crippen molar-refractivity contribution in [2.75, 3.05) is 10.6 Å². The number of nitrogens with one attached hydrogen (secondary N) is 2. The van der Waals surface area contributed by atoms with E-state index in [0.717, 1.165) is 12.1 Å². The molecule has 0 aromatic heterocycles. The molecule has 27 heavy (non-hydrogen) atoms. The molecular formula is C16H19N3O8. The highest BCUT2D eigenvalue weighted by Crippen LogP contribution is 2.27. The van der Waals surface area contributed by atoms with E-state index in [9.17, 15) is 29.3 Å². The Balaban J connectivity index is 2.82. The van der Waals surface area contributed by atoms with E-state index in [4.69, 9.17) is 10.2 Å². The third-order valence-corrected chi connectivity index (χ3v) is 3.35. The van der Waals surface area contributed by atoms with E-state index in [1.165, 1.54) is 6.07 Å². The second kappa shape index (κ2) is 10.5. The zero-order valence-corrected chi connectivity index (χ0v) is 14.3. The first-order chi connectivity index (χ1) is 12.7. The lowest BCUT2D eigenvalue weighted by molar-refractivity contribution is -0.384. The minimum absolute atomic E-state index is 0.00360. The number of carbonyl (C=O) groups is 4. The van der Waals surface area contributed by atoms with E-state index in [2.05, 4.69) is 10.6 Å². The summed E-state index contributed by atoms with van der Waals surface area (Å²) in [6, 6.07) is 3.47. The molecule has 0 aliphatic carbocycles. The molecule has 0 unspecified atom stereocenters. The van der Waals surface area contributed by atoms with Crippen molar-refractivity contribution >= 4 is 40.8 Å². The zero-order valence-electron chi connectivity index (χ0n) is 14.3. The number of hydrogen-bond donors (Lipinski definition) is 4. The number of nitro benzene ring substituents is 1. The molecule has 0 fully saturated rings. The number of nitrogens with zero attached hydrogens (tertiary/aromatic N) is 1. The predicted molar refractivity (Wildman–Crippen MR) is 93.3 cm³/mol. The van der Waals surface area contributed by atoms with Crippen LogP contribution >= 0.6 is 0 Å². The highest BCUT2D eigenvalue weighted by molar-refractivity contribution is 6.00. The van der Waals surface area contributed by atoms with Gasteiger partial charge in [-0.3, -0.25) is 29.3 Å². The Morgan fingerprint density at radius 1 is 0.852 bits per heavy atom. The minimum atomic E-state index is -1.05. The summed E-state index contributed by atoms with van der Waals surface area (Å²) in [5.74, 6) is -3.15. The number of nitro groups is 1. The molecule has 0 aliphatic rings. The molecular weight excluding hydrogens is 362 g/mol. The third kappa shape index (κ3) is 8.43. The van der Waals surface area contributed by atoms with Gasteiger partial charge in [0.2, 0.25) is 11.8 Å². The third-order valence-electron chi connectivity index (χ3n) is 3.35. The predicted octanol–water partition coefficient (Wildman–Crippen LogP) is 1.98. The van der Waals surface area contributed by atoms with E-state index in [1.807, 2.05) is 0 Å². The standard InChI is InChI=1S/C16H19N3O8/c20-13(3-1-5-15(22)23)17-11-8-7-10(19(26)27)9-12(11)18-14(21)4-2-6-16(24)25/h7-9H,1-6H2,(H,17,20)(H,18,21)(H,22,23)(H,24,25). The largest absolute Gasteiger partial charge is 0.481 e. The Hall–Kier alpha value is -3.50. The van der Waals surface area contributed by atoms with Crippen molar-refractivity contribution in [3.8, 4) is 0 Å². The smallest absolute Gasteiger partial charge is 0.303 e. The summed E-state index contributed by atoms with van der Waals surface area (Å²) >= 11 is 0. The number of aliphatic carboxylic acids is 2. The van der Waals surface area contributed by atoms with Crippen LogP contribution in [0.5, 0.6) is 0 Å². The first-order valence-corrected chi connectivity index (χ1v) is 8.00. The number of hydrogen-bond acceptors (Lipinski definition) is 6. The Morgan fingerprint density at radius 3 is 1.78 bits per heavy atom. The van der Waals surface area contributed by atoms with Crippen LogP contribution in [-0.2, 0) is 19.2 Å². The topological polar surface area (TPSA) is 176 Å². The fraction of sp³-hybridized carbons (Fsp3) is 0.375. The van der Waals surface area contributed by atoms with Gasteiger partial charge in [0.05, 0.1) is 16.3 Å². The van der Waals surface area contributed by atoms with Crippen molar-refractivity contribution in [1.29, 1.82) is 0 Å². The number of rotatable bonds is 11. The maximum absolute atomic E-state index is 11.9. The van der Waals surface area contributed by atoms with Crippen molar-refractivity contribution in [2.45, 2.75) is 38.5 Å². The Bertz CT molecular complexity index is 747. The summed E-state index contributed by atoms with van der Waals surface area (Å²) in [6.45, 7) is 0. The van der Waals surface area contributed by atoms with Gasteiger partial charge < -0.3 is 20.8 Å². The fourth-order valence-corrected chi connectivity index (χ4v) is 2.08. The van der Waals surface area contributed by atoms with Crippen LogP contribution in [0.3, 0.4) is 0 Å². The summed E-state index contributed by atoms with van der Waals surface area (Å²) in [6.07, 6.45) is -0.356. The van der Waals surface area contributed by atoms with Crippen LogP contribution in [0, 0.1) is 10.1 Å². The van der Waals surface area contributed by atoms with Crippen LogP contribution in [0.15, 0.2) is 18.2 Å². The molecule has 0 spiro atoms. The molecule has 1 rings (SSSR count). The van der Waals surface area contributed by atoms with Gasteiger partial charge in [0.1, 0.15) is 0 Å². The fourth-order valence-electron chi connectivity index (χ4n) is 2.08. The van der Waals surface area contributed by atoms with Crippen LogP contribution < -0.4 is 10.6 Å². The van der Waals surface area contributed by atoms with Gasteiger partial charge in [-0.25, -0.2) is 0 Å². The van der Waals surface area contributed by atoms with E-state index >= 15 is 0 Å². The Kier molecular flexibility index (Phi) is 8.36. The highest BCUT2D eigenvalue weighted by Gasteiger charge is 2.15. The lowest BCUT2D eigenvalue weighted by atomic mass is 10.2. The number of benzene rings is 1. The molecule has 0 bridgehead atoms. The van der Waals surface area contributed by atoms with Crippen LogP contribution in [-0.4, -0.2) is 38.9 Å². The number of amides is 2. The number of carbonyl (C=O) groups excluding carboxylic acids is 2. The van der Waals surface area contributed by atoms with Crippen LogP contribution in [0.1, 0.15) is 38.5 Å². The second-order valence-electron chi connectivity index (χ2n) is 5.58. The molecule has 0 atom stereocenters. The quantitative estimate of drug-likeness (QED) is 0.332. The average Bonchev–Trinajstić information content (AvgIpc) is 2.55. The molecule has 11 nitrogen and oxygen atoms in total. The molecule has 0 saturated carbocycles. The van der Waals surface area contributed by atoms with Crippen molar-refractivity contribution < 1.29 is 34.3 Å². The van der Waals surface area contributed by atoms with E-state index < -0.39 is 28.7 Å². The maximum Gasteiger partial charge on any atom is 0.303 e. The molecule has 11 heteroatoms. The first kappa shape index (κ1) is 21.5. The molecule has 146 valence electrons. The van der Waals surface area contributed by atoms with Crippen LogP contribution in [0.4, 0.5) is 17.1 Å². The lowest BCUT2D eigenvalue weighted by Gasteiger charge is -2.12. The number of non-ortho nitro benzene ring substituents is 1.